The Labute approximate surface area is 125 Å². The first-order valence-corrected chi connectivity index (χ1v) is 6.76. The lowest BCUT2D eigenvalue weighted by Gasteiger charge is -2.08. The number of hydrogen-bond donors (Lipinski definition) is 2. The van der Waals surface area contributed by atoms with Crippen LogP contribution in [0.5, 0.6) is 5.75 Å². The molecule has 1 amide bonds. The first-order valence-electron chi connectivity index (χ1n) is 5.97. The minimum absolute atomic E-state index is 0.142. The molecule has 0 spiro atoms. The molecule has 0 unspecified atom stereocenters. The van der Waals surface area contributed by atoms with E-state index < -0.39 is 0 Å². The highest BCUT2D eigenvalue weighted by molar-refractivity contribution is 9.10. The summed E-state index contributed by atoms with van der Waals surface area (Å²) in [4.78, 5) is 15.8. The summed E-state index contributed by atoms with van der Waals surface area (Å²) in [5.74, 6) is 1.20. The Morgan fingerprint density at radius 3 is 2.70 bits per heavy atom. The van der Waals surface area contributed by atoms with Crippen LogP contribution in [0, 0.1) is 0 Å². The lowest BCUT2D eigenvalue weighted by molar-refractivity contribution is -0.119. The van der Waals surface area contributed by atoms with Crippen LogP contribution in [0.4, 0.5) is 5.82 Å². The van der Waals surface area contributed by atoms with E-state index in [0.717, 1.165) is 15.8 Å². The highest BCUT2D eigenvalue weighted by Crippen LogP contribution is 2.13. The maximum absolute atomic E-state index is 11.8. The van der Waals surface area contributed by atoms with Gasteiger partial charge in [-0.25, -0.2) is 4.98 Å². The standard InChI is InChI=1S/C14H14BrN3O2/c1-20-12-4-2-10(3-5-12)8-14(19)18-17-13-9-11(15)6-7-16-13/h2-7,9H,8H2,1H3,(H,16,17)(H,18,19). The highest BCUT2D eigenvalue weighted by Gasteiger charge is 2.04. The Kier molecular flexibility index (Phi) is 4.95. The van der Waals surface area contributed by atoms with Crippen LogP contribution in [0.3, 0.4) is 0 Å². The average molecular weight is 336 g/mol. The van der Waals surface area contributed by atoms with Crippen LogP contribution in [0.25, 0.3) is 0 Å². The molecular formula is C14H14BrN3O2. The number of hydrazine groups is 1. The van der Waals surface area contributed by atoms with E-state index >= 15 is 0 Å². The van der Waals surface area contributed by atoms with Crippen molar-refractivity contribution in [3.63, 3.8) is 0 Å². The summed E-state index contributed by atoms with van der Waals surface area (Å²) in [6.45, 7) is 0. The van der Waals surface area contributed by atoms with E-state index in [4.69, 9.17) is 4.74 Å². The van der Waals surface area contributed by atoms with E-state index in [1.54, 1.807) is 19.4 Å². The average Bonchev–Trinajstić information content (AvgIpc) is 2.46. The van der Waals surface area contributed by atoms with Gasteiger partial charge in [0.1, 0.15) is 11.6 Å². The van der Waals surface area contributed by atoms with Crippen molar-refractivity contribution in [2.45, 2.75) is 6.42 Å². The minimum atomic E-state index is -0.142. The molecule has 2 rings (SSSR count). The third-order valence-electron chi connectivity index (χ3n) is 2.58. The number of pyridine rings is 1. The molecule has 0 fully saturated rings. The topological polar surface area (TPSA) is 63.2 Å². The van der Waals surface area contributed by atoms with Crippen molar-refractivity contribution in [1.82, 2.24) is 10.4 Å². The monoisotopic (exact) mass is 335 g/mol. The first-order chi connectivity index (χ1) is 9.67. The van der Waals surface area contributed by atoms with Gasteiger partial charge in [-0.3, -0.25) is 15.6 Å². The van der Waals surface area contributed by atoms with Gasteiger partial charge in [-0.05, 0) is 29.8 Å². The molecule has 0 aliphatic heterocycles. The summed E-state index contributed by atoms with van der Waals surface area (Å²) in [6, 6.07) is 10.9. The number of nitrogens with one attached hydrogen (secondary N) is 2. The molecule has 1 aromatic heterocycles. The fourth-order valence-corrected chi connectivity index (χ4v) is 1.91. The Hall–Kier alpha value is -2.08. The van der Waals surface area contributed by atoms with Crippen LogP contribution in [0.2, 0.25) is 0 Å². The first kappa shape index (κ1) is 14.3. The molecule has 0 atom stereocenters. The Balaban J connectivity index is 1.85. The van der Waals surface area contributed by atoms with Crippen molar-refractivity contribution >= 4 is 27.7 Å². The van der Waals surface area contributed by atoms with Gasteiger partial charge >= 0.3 is 0 Å². The second kappa shape index (κ2) is 6.91. The lowest BCUT2D eigenvalue weighted by atomic mass is 10.1. The van der Waals surface area contributed by atoms with E-state index in [-0.39, 0.29) is 12.3 Å². The second-order valence-corrected chi connectivity index (χ2v) is 4.97. The molecular weight excluding hydrogens is 322 g/mol. The number of nitrogens with zero attached hydrogens (tertiary/aromatic N) is 1. The molecule has 2 aromatic rings. The molecule has 2 N–H and O–H groups in total. The molecule has 1 heterocycles. The zero-order chi connectivity index (χ0) is 14.4. The molecule has 0 bridgehead atoms. The number of amides is 1. The van der Waals surface area contributed by atoms with Crippen LogP contribution < -0.4 is 15.6 Å². The number of hydrogen-bond acceptors (Lipinski definition) is 4. The number of carbonyl (C=O) groups is 1. The summed E-state index contributed by atoms with van der Waals surface area (Å²) >= 11 is 3.33. The Bertz CT molecular complexity index is 587. The van der Waals surface area contributed by atoms with Crippen LogP contribution in [-0.4, -0.2) is 18.0 Å². The quantitative estimate of drug-likeness (QED) is 0.824. The van der Waals surface area contributed by atoms with Crippen LogP contribution in [-0.2, 0) is 11.2 Å². The van der Waals surface area contributed by atoms with Crippen molar-refractivity contribution in [3.8, 4) is 5.75 Å². The molecule has 5 nitrogen and oxygen atoms in total. The van der Waals surface area contributed by atoms with E-state index in [2.05, 4.69) is 31.8 Å². The van der Waals surface area contributed by atoms with E-state index in [1.165, 1.54) is 0 Å². The van der Waals surface area contributed by atoms with E-state index in [9.17, 15) is 4.79 Å². The molecule has 0 saturated heterocycles. The number of anilines is 1. The highest BCUT2D eigenvalue weighted by atomic mass is 79.9. The van der Waals surface area contributed by atoms with Crippen molar-refractivity contribution in [1.29, 1.82) is 0 Å². The summed E-state index contributed by atoms with van der Waals surface area (Å²) in [6.07, 6.45) is 1.92. The third-order valence-corrected chi connectivity index (χ3v) is 3.07. The maximum Gasteiger partial charge on any atom is 0.242 e. The fraction of sp³-hybridized carbons (Fsp3) is 0.143. The molecule has 20 heavy (non-hydrogen) atoms. The minimum Gasteiger partial charge on any atom is -0.497 e. The van der Waals surface area contributed by atoms with Gasteiger partial charge in [0.05, 0.1) is 13.5 Å². The largest absolute Gasteiger partial charge is 0.497 e. The summed E-state index contributed by atoms with van der Waals surface area (Å²) in [7, 11) is 1.61. The molecule has 0 aliphatic carbocycles. The smallest absolute Gasteiger partial charge is 0.242 e. The number of benzene rings is 1. The molecule has 0 radical (unpaired) electrons. The van der Waals surface area contributed by atoms with E-state index in [1.807, 2.05) is 30.3 Å². The third kappa shape index (κ3) is 4.24. The van der Waals surface area contributed by atoms with Crippen molar-refractivity contribution in [2.75, 3.05) is 12.5 Å². The van der Waals surface area contributed by atoms with Crippen molar-refractivity contribution in [2.24, 2.45) is 0 Å². The van der Waals surface area contributed by atoms with Gasteiger partial charge in [0.25, 0.3) is 0 Å². The molecule has 0 aliphatic rings. The predicted octanol–water partition coefficient (Wildman–Crippen LogP) is 2.54. The molecule has 104 valence electrons. The zero-order valence-electron chi connectivity index (χ0n) is 10.9. The number of halogens is 1. The number of ether oxygens (including phenoxy) is 1. The molecule has 0 saturated carbocycles. The Morgan fingerprint density at radius 2 is 2.05 bits per heavy atom. The number of aromatic nitrogens is 1. The van der Waals surface area contributed by atoms with E-state index in [0.29, 0.717) is 5.82 Å². The van der Waals surface area contributed by atoms with Gasteiger partial charge in [-0.1, -0.05) is 28.1 Å². The van der Waals surface area contributed by atoms with Gasteiger partial charge in [-0.15, -0.1) is 0 Å². The van der Waals surface area contributed by atoms with Crippen molar-refractivity contribution < 1.29 is 9.53 Å². The predicted molar refractivity (Wildman–Crippen MR) is 80.4 cm³/mol. The molecule has 6 heteroatoms. The number of rotatable bonds is 5. The molecule has 1 aromatic carbocycles. The van der Waals surface area contributed by atoms with Crippen LogP contribution in [0.15, 0.2) is 47.1 Å². The van der Waals surface area contributed by atoms with Crippen LogP contribution >= 0.6 is 15.9 Å². The number of methoxy groups -OCH3 is 1. The maximum atomic E-state index is 11.8. The lowest BCUT2D eigenvalue weighted by Crippen LogP contribution is -2.31. The fourth-order valence-electron chi connectivity index (χ4n) is 1.58. The Morgan fingerprint density at radius 1 is 1.30 bits per heavy atom. The second-order valence-electron chi connectivity index (χ2n) is 4.06. The number of carbonyl (C=O) groups excluding carboxylic acids is 1. The SMILES string of the molecule is COc1ccc(CC(=O)NNc2cc(Br)ccn2)cc1. The summed E-state index contributed by atoms with van der Waals surface area (Å²) in [5, 5.41) is 0. The normalized spacial score (nSPS) is 9.90. The van der Waals surface area contributed by atoms with Gasteiger partial charge in [0, 0.05) is 10.7 Å². The summed E-state index contributed by atoms with van der Waals surface area (Å²) in [5.41, 5.74) is 6.27. The van der Waals surface area contributed by atoms with Crippen molar-refractivity contribution in [3.05, 3.63) is 52.6 Å². The van der Waals surface area contributed by atoms with Gasteiger partial charge < -0.3 is 4.74 Å². The van der Waals surface area contributed by atoms with Gasteiger partial charge in [-0.2, -0.15) is 0 Å². The van der Waals surface area contributed by atoms with Gasteiger partial charge in [0.15, 0.2) is 0 Å². The summed E-state index contributed by atoms with van der Waals surface area (Å²) < 4.78 is 5.95. The van der Waals surface area contributed by atoms with Crippen LogP contribution in [0.1, 0.15) is 5.56 Å². The van der Waals surface area contributed by atoms with Gasteiger partial charge in [0.2, 0.25) is 5.91 Å². The zero-order valence-corrected chi connectivity index (χ0v) is 12.5.